The lowest BCUT2D eigenvalue weighted by atomic mass is 9.81. The van der Waals surface area contributed by atoms with E-state index < -0.39 is 0 Å². The van der Waals surface area contributed by atoms with Crippen LogP contribution >= 0.6 is 22.9 Å². The molecule has 1 aliphatic carbocycles. The number of imidazole rings is 1. The van der Waals surface area contributed by atoms with Gasteiger partial charge in [0.25, 0.3) is 0 Å². The van der Waals surface area contributed by atoms with E-state index in [1.54, 1.807) is 11.3 Å². The van der Waals surface area contributed by atoms with Crippen molar-refractivity contribution in [1.29, 1.82) is 0 Å². The third-order valence-corrected chi connectivity index (χ3v) is 7.46. The van der Waals surface area contributed by atoms with Gasteiger partial charge in [0.2, 0.25) is 0 Å². The van der Waals surface area contributed by atoms with Crippen LogP contribution in [0.4, 0.5) is 5.82 Å². The second-order valence-corrected chi connectivity index (χ2v) is 9.02. The molecule has 2 N–H and O–H groups in total. The standard InChI is InChI=1S/C21H20ClN5O2S/c1-29-21(28)12-7-5-11(6-8-12)20-26-16(17-19(23)24-10-25-27(17)20)15-9-13-3-2-4-14(22)18(13)30-15/h2-4,9-12H,5-8H2,1H3,(H2,23,24,25)/t11-,12-. The Morgan fingerprint density at radius 3 is 2.83 bits per heavy atom. The molecule has 1 saturated carbocycles. The lowest BCUT2D eigenvalue weighted by molar-refractivity contribution is -0.146. The molecule has 7 nitrogen and oxygen atoms in total. The molecule has 0 unspecified atom stereocenters. The molecular formula is C21H20ClN5O2S. The quantitative estimate of drug-likeness (QED) is 0.463. The minimum Gasteiger partial charge on any atom is -0.469 e. The molecule has 0 atom stereocenters. The van der Waals surface area contributed by atoms with Crippen LogP contribution in [-0.2, 0) is 9.53 Å². The Kier molecular flexibility index (Phi) is 4.83. The average Bonchev–Trinajstić information content (AvgIpc) is 3.37. The predicted octanol–water partition coefficient (Wildman–Crippen LogP) is 4.69. The maximum Gasteiger partial charge on any atom is 0.308 e. The number of hydrogen-bond acceptors (Lipinski definition) is 7. The number of anilines is 1. The van der Waals surface area contributed by atoms with Crippen molar-refractivity contribution in [2.45, 2.75) is 31.6 Å². The molecule has 0 spiro atoms. The highest BCUT2D eigenvalue weighted by molar-refractivity contribution is 7.22. The number of esters is 1. The first-order valence-corrected chi connectivity index (χ1v) is 11.0. The Labute approximate surface area is 181 Å². The Balaban J connectivity index is 1.59. The Morgan fingerprint density at radius 1 is 1.30 bits per heavy atom. The summed E-state index contributed by atoms with van der Waals surface area (Å²) in [6, 6.07) is 7.94. The van der Waals surface area contributed by atoms with Crippen LogP contribution in [0.1, 0.15) is 37.4 Å². The average molecular weight is 442 g/mol. The van der Waals surface area contributed by atoms with E-state index in [-0.39, 0.29) is 17.8 Å². The van der Waals surface area contributed by atoms with Gasteiger partial charge in [0.05, 0.1) is 27.6 Å². The van der Waals surface area contributed by atoms with Crippen molar-refractivity contribution in [2.24, 2.45) is 5.92 Å². The predicted molar refractivity (Wildman–Crippen MR) is 118 cm³/mol. The number of nitrogens with two attached hydrogens (primary N) is 1. The maximum atomic E-state index is 11.9. The van der Waals surface area contributed by atoms with E-state index in [2.05, 4.69) is 16.1 Å². The van der Waals surface area contributed by atoms with Crippen LogP contribution in [-0.4, -0.2) is 32.7 Å². The second-order valence-electron chi connectivity index (χ2n) is 7.56. The highest BCUT2D eigenvalue weighted by Crippen LogP contribution is 2.42. The molecule has 30 heavy (non-hydrogen) atoms. The number of rotatable bonds is 3. The molecule has 9 heteroatoms. The zero-order valence-electron chi connectivity index (χ0n) is 16.3. The number of hydrogen-bond donors (Lipinski definition) is 1. The topological polar surface area (TPSA) is 95.4 Å². The zero-order chi connectivity index (χ0) is 20.8. The van der Waals surface area contributed by atoms with Crippen molar-refractivity contribution < 1.29 is 9.53 Å². The zero-order valence-corrected chi connectivity index (χ0v) is 17.9. The van der Waals surface area contributed by atoms with Crippen LogP contribution in [0.5, 0.6) is 0 Å². The van der Waals surface area contributed by atoms with E-state index in [4.69, 9.17) is 27.1 Å². The number of aromatic nitrogens is 4. The van der Waals surface area contributed by atoms with Crippen LogP contribution in [0.3, 0.4) is 0 Å². The molecular weight excluding hydrogens is 422 g/mol. The van der Waals surface area contributed by atoms with Crippen molar-refractivity contribution in [3.8, 4) is 10.6 Å². The third-order valence-electron chi connectivity index (χ3n) is 5.84. The number of halogens is 1. The molecule has 5 rings (SSSR count). The number of methoxy groups -OCH3 is 1. The number of fused-ring (bicyclic) bond motifs is 2. The summed E-state index contributed by atoms with van der Waals surface area (Å²) in [6.07, 6.45) is 4.71. The Morgan fingerprint density at radius 2 is 2.10 bits per heavy atom. The van der Waals surface area contributed by atoms with Crippen LogP contribution in [0.25, 0.3) is 26.2 Å². The number of nitrogens with zero attached hydrogens (tertiary/aromatic N) is 4. The lowest BCUT2D eigenvalue weighted by Crippen LogP contribution is -2.23. The summed E-state index contributed by atoms with van der Waals surface area (Å²) in [5.74, 6) is 1.28. The van der Waals surface area contributed by atoms with Crippen molar-refractivity contribution in [1.82, 2.24) is 19.6 Å². The Bertz CT molecular complexity index is 1260. The van der Waals surface area contributed by atoms with Gasteiger partial charge in [-0.3, -0.25) is 4.79 Å². The molecule has 1 aliphatic rings. The maximum absolute atomic E-state index is 11.9. The summed E-state index contributed by atoms with van der Waals surface area (Å²) < 4.78 is 7.74. The summed E-state index contributed by atoms with van der Waals surface area (Å²) in [7, 11) is 1.44. The lowest BCUT2D eigenvalue weighted by Gasteiger charge is -2.25. The number of carbonyl (C=O) groups is 1. The minimum atomic E-state index is -0.129. The van der Waals surface area contributed by atoms with Gasteiger partial charge in [-0.25, -0.2) is 14.5 Å². The fourth-order valence-electron chi connectivity index (χ4n) is 4.31. The molecule has 0 aliphatic heterocycles. The summed E-state index contributed by atoms with van der Waals surface area (Å²) >= 11 is 7.97. The summed E-state index contributed by atoms with van der Waals surface area (Å²) in [6.45, 7) is 0. The van der Waals surface area contributed by atoms with Crippen LogP contribution < -0.4 is 5.73 Å². The van der Waals surface area contributed by atoms with Crippen molar-refractivity contribution in [3.05, 3.63) is 41.4 Å². The van der Waals surface area contributed by atoms with Gasteiger partial charge in [0.15, 0.2) is 5.82 Å². The molecule has 0 bridgehead atoms. The van der Waals surface area contributed by atoms with Gasteiger partial charge < -0.3 is 10.5 Å². The Hall–Kier alpha value is -2.71. The first-order valence-electron chi connectivity index (χ1n) is 9.82. The minimum absolute atomic E-state index is 0.0404. The molecule has 3 aromatic heterocycles. The largest absolute Gasteiger partial charge is 0.469 e. The number of benzene rings is 1. The van der Waals surface area contributed by atoms with E-state index in [1.807, 2.05) is 22.7 Å². The highest BCUT2D eigenvalue weighted by Gasteiger charge is 2.31. The van der Waals surface area contributed by atoms with Crippen molar-refractivity contribution >= 4 is 50.3 Å². The molecule has 4 aromatic rings. The van der Waals surface area contributed by atoms with Gasteiger partial charge in [-0.15, -0.1) is 11.3 Å². The SMILES string of the molecule is COC(=O)[C@H]1CC[C@H](c2nc(-c3cc4cccc(Cl)c4s3)c3c(N)ncnn32)CC1. The van der Waals surface area contributed by atoms with E-state index in [0.29, 0.717) is 11.3 Å². The number of thiophene rings is 1. The van der Waals surface area contributed by atoms with Crippen LogP contribution in [0.15, 0.2) is 30.6 Å². The smallest absolute Gasteiger partial charge is 0.308 e. The molecule has 1 aromatic carbocycles. The van der Waals surface area contributed by atoms with E-state index >= 15 is 0 Å². The van der Waals surface area contributed by atoms with Gasteiger partial charge in [-0.05, 0) is 43.2 Å². The van der Waals surface area contributed by atoms with E-state index in [1.165, 1.54) is 13.4 Å². The van der Waals surface area contributed by atoms with Crippen LogP contribution in [0.2, 0.25) is 5.02 Å². The van der Waals surface area contributed by atoms with E-state index in [0.717, 1.165) is 57.2 Å². The number of ether oxygens (including phenoxy) is 1. The first-order chi connectivity index (χ1) is 14.6. The molecule has 154 valence electrons. The second kappa shape index (κ2) is 7.52. The molecule has 3 heterocycles. The number of carbonyl (C=O) groups excluding carboxylic acids is 1. The first kappa shape index (κ1) is 19.3. The molecule has 1 fully saturated rings. The third kappa shape index (κ3) is 3.11. The van der Waals surface area contributed by atoms with Gasteiger partial charge >= 0.3 is 5.97 Å². The number of nitrogen functional groups attached to an aromatic ring is 1. The van der Waals surface area contributed by atoms with Crippen molar-refractivity contribution in [2.75, 3.05) is 12.8 Å². The highest BCUT2D eigenvalue weighted by atomic mass is 35.5. The molecule has 0 amide bonds. The monoisotopic (exact) mass is 441 g/mol. The summed E-state index contributed by atoms with van der Waals surface area (Å²) in [5, 5.41) is 6.24. The molecule has 0 radical (unpaired) electrons. The molecule has 0 saturated heterocycles. The normalized spacial score (nSPS) is 19.4. The van der Waals surface area contributed by atoms with Gasteiger partial charge in [-0.2, -0.15) is 5.10 Å². The fraction of sp³-hybridized carbons (Fsp3) is 0.333. The summed E-state index contributed by atoms with van der Waals surface area (Å²) in [4.78, 5) is 22.0. The van der Waals surface area contributed by atoms with Gasteiger partial charge in [-0.1, -0.05) is 23.7 Å². The van der Waals surface area contributed by atoms with Gasteiger partial charge in [0.1, 0.15) is 23.4 Å². The van der Waals surface area contributed by atoms with Gasteiger partial charge in [0, 0.05) is 5.92 Å². The fourth-order valence-corrected chi connectivity index (χ4v) is 5.66. The van der Waals surface area contributed by atoms with Crippen molar-refractivity contribution in [3.63, 3.8) is 0 Å². The summed E-state index contributed by atoms with van der Waals surface area (Å²) in [5.41, 5.74) is 7.73. The van der Waals surface area contributed by atoms with E-state index in [9.17, 15) is 4.79 Å². The van der Waals surface area contributed by atoms with Crippen LogP contribution in [0, 0.1) is 5.92 Å².